The molecule has 2 aromatic heterocycles. The Bertz CT molecular complexity index is 1410. The van der Waals surface area contributed by atoms with E-state index in [-0.39, 0.29) is 12.2 Å². The van der Waals surface area contributed by atoms with E-state index in [9.17, 15) is 9.59 Å². The van der Waals surface area contributed by atoms with Crippen LogP contribution in [0.15, 0.2) is 40.3 Å². The van der Waals surface area contributed by atoms with Crippen molar-refractivity contribution in [1.29, 1.82) is 0 Å². The molecule has 0 spiro atoms. The summed E-state index contributed by atoms with van der Waals surface area (Å²) in [6, 6.07) is 9.65. The maximum atomic E-state index is 13.6. The SMILES string of the molecule is CCC1(OC)C(=O)OCc2c1cc1n(c2=O)Cc2c-1nc1ccccc1c2/C=N/OC(C)(C)C. The first kappa shape index (κ1) is 22.3. The molecule has 0 fully saturated rings. The van der Waals surface area contributed by atoms with Crippen molar-refractivity contribution in [3.8, 4) is 11.4 Å². The van der Waals surface area contributed by atoms with Crippen molar-refractivity contribution >= 4 is 23.1 Å². The number of cyclic esters (lactones) is 1. The molecule has 3 aromatic rings. The number of benzene rings is 1. The molecular weight excluding hydrogens is 434 g/mol. The van der Waals surface area contributed by atoms with Crippen LogP contribution < -0.4 is 5.56 Å². The minimum absolute atomic E-state index is 0.0716. The average molecular weight is 462 g/mol. The highest BCUT2D eigenvalue weighted by Gasteiger charge is 2.47. The molecule has 1 aromatic carbocycles. The van der Waals surface area contributed by atoms with Gasteiger partial charge in [0.15, 0.2) is 5.60 Å². The first-order chi connectivity index (χ1) is 16.2. The fourth-order valence-electron chi connectivity index (χ4n) is 4.77. The molecule has 0 amide bonds. The van der Waals surface area contributed by atoms with Crippen LogP contribution in [0.1, 0.15) is 56.4 Å². The topological polar surface area (TPSA) is 92.0 Å². The quantitative estimate of drug-likeness (QED) is 0.260. The molecule has 0 N–H and O–H groups in total. The number of carbonyl (C=O) groups is 1. The Kier molecular flexibility index (Phi) is 5.09. The molecule has 0 radical (unpaired) electrons. The number of methoxy groups -OCH3 is 1. The average Bonchev–Trinajstić information content (AvgIpc) is 3.17. The van der Waals surface area contributed by atoms with Gasteiger partial charge in [-0.05, 0) is 39.3 Å². The summed E-state index contributed by atoms with van der Waals surface area (Å²) in [6.45, 7) is 7.90. The van der Waals surface area contributed by atoms with Crippen molar-refractivity contribution in [3.63, 3.8) is 0 Å². The number of hydrogen-bond donors (Lipinski definition) is 0. The number of carbonyl (C=O) groups excluding carboxylic acids is 1. The molecule has 0 saturated carbocycles. The summed E-state index contributed by atoms with van der Waals surface area (Å²) >= 11 is 0. The molecule has 5 rings (SSSR count). The van der Waals surface area contributed by atoms with E-state index in [1.807, 2.05) is 58.0 Å². The van der Waals surface area contributed by atoms with Crippen LogP contribution in [0.5, 0.6) is 0 Å². The molecule has 2 aliphatic rings. The molecule has 8 heteroatoms. The van der Waals surface area contributed by atoms with Crippen LogP contribution in [0.2, 0.25) is 0 Å². The van der Waals surface area contributed by atoms with Crippen molar-refractivity contribution in [3.05, 3.63) is 62.9 Å². The number of pyridine rings is 2. The molecule has 1 atom stereocenters. The van der Waals surface area contributed by atoms with Gasteiger partial charge in [-0.15, -0.1) is 0 Å². The smallest absolute Gasteiger partial charge is 0.343 e. The molecule has 176 valence electrons. The summed E-state index contributed by atoms with van der Waals surface area (Å²) in [5, 5.41) is 5.16. The van der Waals surface area contributed by atoms with E-state index in [4.69, 9.17) is 19.3 Å². The fourth-order valence-corrected chi connectivity index (χ4v) is 4.77. The Morgan fingerprint density at radius 2 is 2.00 bits per heavy atom. The van der Waals surface area contributed by atoms with Gasteiger partial charge in [0, 0.05) is 29.2 Å². The highest BCUT2D eigenvalue weighted by molar-refractivity contribution is 6.02. The summed E-state index contributed by atoms with van der Waals surface area (Å²) in [6.07, 6.45) is 2.04. The van der Waals surface area contributed by atoms with Crippen LogP contribution in [0.4, 0.5) is 0 Å². The highest BCUT2D eigenvalue weighted by Crippen LogP contribution is 2.41. The third-order valence-corrected chi connectivity index (χ3v) is 6.46. The second kappa shape index (κ2) is 7.77. The van der Waals surface area contributed by atoms with E-state index in [1.165, 1.54) is 7.11 Å². The molecule has 8 nitrogen and oxygen atoms in total. The fraction of sp³-hybridized carbons (Fsp3) is 0.385. The lowest BCUT2D eigenvalue weighted by molar-refractivity contribution is -0.176. The van der Waals surface area contributed by atoms with Crippen LogP contribution in [-0.2, 0) is 37.9 Å². The van der Waals surface area contributed by atoms with E-state index < -0.39 is 17.2 Å². The minimum Gasteiger partial charge on any atom is -0.458 e. The van der Waals surface area contributed by atoms with Gasteiger partial charge in [0.2, 0.25) is 0 Å². The predicted octanol–water partition coefficient (Wildman–Crippen LogP) is 3.88. The number of hydrogen-bond acceptors (Lipinski definition) is 7. The third-order valence-electron chi connectivity index (χ3n) is 6.46. The molecule has 0 bridgehead atoms. The van der Waals surface area contributed by atoms with Gasteiger partial charge in [-0.25, -0.2) is 9.78 Å². The lowest BCUT2D eigenvalue weighted by Gasteiger charge is -2.34. The Morgan fingerprint density at radius 3 is 2.71 bits per heavy atom. The molecule has 0 saturated heterocycles. The van der Waals surface area contributed by atoms with Crippen molar-refractivity contribution in [2.24, 2.45) is 5.16 Å². The summed E-state index contributed by atoms with van der Waals surface area (Å²) in [5.74, 6) is -0.480. The van der Waals surface area contributed by atoms with Gasteiger partial charge in [-0.1, -0.05) is 30.3 Å². The monoisotopic (exact) mass is 461 g/mol. The number of oxime groups is 1. The second-order valence-electron chi connectivity index (χ2n) is 9.58. The molecule has 34 heavy (non-hydrogen) atoms. The first-order valence-corrected chi connectivity index (χ1v) is 11.3. The van der Waals surface area contributed by atoms with Gasteiger partial charge in [0.05, 0.1) is 35.2 Å². The highest BCUT2D eigenvalue weighted by atomic mass is 16.6. The Hall–Kier alpha value is -3.52. The maximum absolute atomic E-state index is 13.6. The standard InChI is InChI=1S/C26H27N3O5/c1-6-26(32-5)19-11-21-22-17(13-29(21)23(30)18(19)14-33-24(26)31)16(12-27-34-25(2,3)4)15-9-7-8-10-20(15)28-22/h7-12H,6,13-14H2,1-5H3/b27-12+. The van der Waals surface area contributed by atoms with Gasteiger partial charge in [-0.3, -0.25) is 4.79 Å². The second-order valence-corrected chi connectivity index (χ2v) is 9.58. The maximum Gasteiger partial charge on any atom is 0.343 e. The number of fused-ring (bicyclic) bond motifs is 5. The molecule has 0 aliphatic carbocycles. The van der Waals surface area contributed by atoms with Crippen LogP contribution in [-0.4, -0.2) is 34.4 Å². The number of para-hydroxylation sites is 1. The van der Waals surface area contributed by atoms with E-state index in [2.05, 4.69) is 5.16 Å². The Labute approximate surface area is 197 Å². The number of esters is 1. The summed E-state index contributed by atoms with van der Waals surface area (Å²) in [7, 11) is 1.47. The van der Waals surface area contributed by atoms with Crippen LogP contribution >= 0.6 is 0 Å². The number of nitrogens with zero attached hydrogens (tertiary/aromatic N) is 3. The van der Waals surface area contributed by atoms with Crippen molar-refractivity contribution in [2.45, 2.75) is 58.5 Å². The van der Waals surface area contributed by atoms with Crippen LogP contribution in [0, 0.1) is 0 Å². The van der Waals surface area contributed by atoms with Gasteiger partial charge >= 0.3 is 5.97 Å². The third kappa shape index (κ3) is 3.24. The Balaban J connectivity index is 1.76. The van der Waals surface area contributed by atoms with Crippen molar-refractivity contribution in [1.82, 2.24) is 9.55 Å². The van der Waals surface area contributed by atoms with Gasteiger partial charge < -0.3 is 18.9 Å². The normalized spacial score (nSPS) is 19.1. The summed E-state index contributed by atoms with van der Waals surface area (Å²) in [4.78, 5) is 36.8. The number of aromatic nitrogens is 2. The summed E-state index contributed by atoms with van der Waals surface area (Å²) in [5.41, 5.74) is 2.91. The lowest BCUT2D eigenvalue weighted by atomic mass is 9.85. The predicted molar refractivity (Wildman–Crippen MR) is 128 cm³/mol. The van der Waals surface area contributed by atoms with Gasteiger partial charge in [0.1, 0.15) is 12.2 Å². The Morgan fingerprint density at radius 1 is 1.24 bits per heavy atom. The van der Waals surface area contributed by atoms with E-state index in [0.717, 1.165) is 22.0 Å². The molecular formula is C26H27N3O5. The summed E-state index contributed by atoms with van der Waals surface area (Å²) < 4.78 is 12.7. The van der Waals surface area contributed by atoms with Crippen LogP contribution in [0.3, 0.4) is 0 Å². The van der Waals surface area contributed by atoms with Gasteiger partial charge in [0.25, 0.3) is 5.56 Å². The van der Waals surface area contributed by atoms with E-state index >= 15 is 0 Å². The first-order valence-electron chi connectivity index (χ1n) is 11.3. The van der Waals surface area contributed by atoms with Crippen LogP contribution in [0.25, 0.3) is 22.3 Å². The zero-order valence-electron chi connectivity index (χ0n) is 20.0. The molecule has 1 unspecified atom stereocenters. The largest absolute Gasteiger partial charge is 0.458 e. The number of rotatable bonds is 4. The van der Waals surface area contributed by atoms with Crippen molar-refractivity contribution < 1.29 is 19.1 Å². The number of ether oxygens (including phenoxy) is 2. The van der Waals surface area contributed by atoms with Gasteiger partial charge in [-0.2, -0.15) is 0 Å². The van der Waals surface area contributed by atoms with E-state index in [1.54, 1.807) is 10.8 Å². The molecule has 4 heterocycles. The van der Waals surface area contributed by atoms with E-state index in [0.29, 0.717) is 35.5 Å². The van der Waals surface area contributed by atoms with Crippen molar-refractivity contribution in [2.75, 3.05) is 7.11 Å². The minimum atomic E-state index is -1.31. The molecule has 2 aliphatic heterocycles. The zero-order valence-corrected chi connectivity index (χ0v) is 20.0. The lowest BCUT2D eigenvalue weighted by Crippen LogP contribution is -2.45. The zero-order chi connectivity index (χ0) is 24.3.